The van der Waals surface area contributed by atoms with Crippen molar-refractivity contribution in [3.63, 3.8) is 0 Å². The predicted molar refractivity (Wildman–Crippen MR) is 85.3 cm³/mol. The van der Waals surface area contributed by atoms with E-state index in [1.54, 1.807) is 12.1 Å². The predicted octanol–water partition coefficient (Wildman–Crippen LogP) is 3.99. The molecule has 21 heavy (non-hydrogen) atoms. The SMILES string of the molecule is CC(C)CCCCCC(=O)CCc1ccc(O)c(CO)c1. The second-order valence-electron chi connectivity index (χ2n) is 6.15. The van der Waals surface area contributed by atoms with Gasteiger partial charge < -0.3 is 10.2 Å². The third-order valence-corrected chi connectivity index (χ3v) is 3.74. The molecule has 0 amide bonds. The molecule has 3 nitrogen and oxygen atoms in total. The first-order valence-electron chi connectivity index (χ1n) is 7.96. The van der Waals surface area contributed by atoms with E-state index in [-0.39, 0.29) is 12.4 Å². The summed E-state index contributed by atoms with van der Waals surface area (Å²) < 4.78 is 0. The van der Waals surface area contributed by atoms with Gasteiger partial charge in [-0.15, -0.1) is 0 Å². The van der Waals surface area contributed by atoms with Crippen LogP contribution in [0.4, 0.5) is 0 Å². The van der Waals surface area contributed by atoms with Crippen molar-refractivity contribution in [1.29, 1.82) is 0 Å². The molecule has 0 bridgehead atoms. The molecule has 1 aromatic carbocycles. The minimum absolute atomic E-state index is 0.109. The number of carbonyl (C=O) groups is 1. The second kappa shape index (κ2) is 9.56. The summed E-state index contributed by atoms with van der Waals surface area (Å²) in [6.45, 7) is 4.27. The lowest BCUT2D eigenvalue weighted by Gasteiger charge is -2.06. The number of aryl methyl sites for hydroxylation is 1. The van der Waals surface area contributed by atoms with Crippen LogP contribution in [0.3, 0.4) is 0 Å². The van der Waals surface area contributed by atoms with Crippen LogP contribution in [0.2, 0.25) is 0 Å². The third-order valence-electron chi connectivity index (χ3n) is 3.74. The summed E-state index contributed by atoms with van der Waals surface area (Å²) in [4.78, 5) is 11.8. The maximum atomic E-state index is 11.8. The summed E-state index contributed by atoms with van der Waals surface area (Å²) in [5.41, 5.74) is 1.51. The van der Waals surface area contributed by atoms with Gasteiger partial charge in [0.25, 0.3) is 0 Å². The molecule has 0 aliphatic rings. The number of hydrogen-bond donors (Lipinski definition) is 2. The molecule has 1 aromatic rings. The summed E-state index contributed by atoms with van der Waals surface area (Å²) in [6.07, 6.45) is 6.47. The number of carbonyl (C=O) groups excluding carboxylic acids is 1. The number of aromatic hydroxyl groups is 1. The van der Waals surface area contributed by atoms with Crippen molar-refractivity contribution in [2.24, 2.45) is 5.92 Å². The van der Waals surface area contributed by atoms with Crippen LogP contribution in [0, 0.1) is 5.92 Å². The molecule has 0 saturated heterocycles. The average Bonchev–Trinajstić information content (AvgIpc) is 2.45. The molecule has 0 aromatic heterocycles. The molecule has 0 unspecified atom stereocenters. The number of aliphatic hydroxyl groups excluding tert-OH is 1. The maximum absolute atomic E-state index is 11.8. The van der Waals surface area contributed by atoms with Crippen LogP contribution in [0.5, 0.6) is 5.75 Å². The highest BCUT2D eigenvalue weighted by Gasteiger charge is 2.06. The number of rotatable bonds is 10. The highest BCUT2D eigenvalue weighted by atomic mass is 16.3. The molecule has 0 saturated carbocycles. The Morgan fingerprint density at radius 1 is 1.14 bits per heavy atom. The van der Waals surface area contributed by atoms with Crippen LogP contribution in [0.1, 0.15) is 63.5 Å². The van der Waals surface area contributed by atoms with E-state index in [0.717, 1.165) is 24.3 Å². The van der Waals surface area contributed by atoms with Crippen molar-refractivity contribution < 1.29 is 15.0 Å². The van der Waals surface area contributed by atoms with Gasteiger partial charge in [-0.2, -0.15) is 0 Å². The number of benzene rings is 1. The van der Waals surface area contributed by atoms with Crippen molar-refractivity contribution in [2.45, 2.75) is 65.4 Å². The van der Waals surface area contributed by atoms with Crippen molar-refractivity contribution in [3.05, 3.63) is 29.3 Å². The Hall–Kier alpha value is -1.35. The smallest absolute Gasteiger partial charge is 0.133 e. The normalized spacial score (nSPS) is 11.0. The third kappa shape index (κ3) is 7.28. The molecule has 0 atom stereocenters. The van der Waals surface area contributed by atoms with Crippen molar-refractivity contribution in [2.75, 3.05) is 0 Å². The first-order valence-corrected chi connectivity index (χ1v) is 7.96. The number of Topliss-reactive ketones (excluding diaryl/α,β-unsaturated/α-hetero) is 1. The zero-order valence-electron chi connectivity index (χ0n) is 13.3. The minimum Gasteiger partial charge on any atom is -0.508 e. The molecule has 118 valence electrons. The van der Waals surface area contributed by atoms with Gasteiger partial charge in [0, 0.05) is 18.4 Å². The van der Waals surface area contributed by atoms with Gasteiger partial charge in [-0.25, -0.2) is 0 Å². The van der Waals surface area contributed by atoms with E-state index in [1.165, 1.54) is 12.8 Å². The second-order valence-corrected chi connectivity index (χ2v) is 6.15. The Bertz CT molecular complexity index is 438. The van der Waals surface area contributed by atoms with E-state index in [1.807, 2.05) is 6.07 Å². The quantitative estimate of drug-likeness (QED) is 0.641. The Labute approximate surface area is 128 Å². The van der Waals surface area contributed by atoms with E-state index >= 15 is 0 Å². The monoisotopic (exact) mass is 292 g/mol. The number of hydrogen-bond acceptors (Lipinski definition) is 3. The standard InChI is InChI=1S/C18H28O3/c1-14(2)6-4-3-5-7-17(20)10-8-15-9-11-18(21)16(12-15)13-19/h9,11-12,14,19,21H,3-8,10,13H2,1-2H3. The lowest BCUT2D eigenvalue weighted by atomic mass is 10.0. The van der Waals surface area contributed by atoms with Crippen LogP contribution in [-0.4, -0.2) is 16.0 Å². The Kier molecular flexibility index (Phi) is 8.06. The van der Waals surface area contributed by atoms with Gasteiger partial charge in [0.2, 0.25) is 0 Å². The van der Waals surface area contributed by atoms with E-state index in [0.29, 0.717) is 30.6 Å². The van der Waals surface area contributed by atoms with Gasteiger partial charge in [0.15, 0.2) is 0 Å². The Balaban J connectivity index is 2.24. The fourth-order valence-corrected chi connectivity index (χ4v) is 2.38. The molecular weight excluding hydrogens is 264 g/mol. The molecular formula is C18H28O3. The van der Waals surface area contributed by atoms with Gasteiger partial charge >= 0.3 is 0 Å². The number of phenols is 1. The summed E-state index contributed by atoms with van der Waals surface area (Å²) >= 11 is 0. The first kappa shape index (κ1) is 17.7. The van der Waals surface area contributed by atoms with Crippen LogP contribution in [0.15, 0.2) is 18.2 Å². The lowest BCUT2D eigenvalue weighted by Crippen LogP contribution is -2.01. The highest BCUT2D eigenvalue weighted by Crippen LogP contribution is 2.19. The van der Waals surface area contributed by atoms with Gasteiger partial charge in [-0.1, -0.05) is 39.2 Å². The topological polar surface area (TPSA) is 57.5 Å². The molecule has 0 fully saturated rings. The van der Waals surface area contributed by atoms with Crippen molar-refractivity contribution in [3.8, 4) is 5.75 Å². The Morgan fingerprint density at radius 2 is 1.90 bits per heavy atom. The number of ketones is 1. The van der Waals surface area contributed by atoms with Crippen LogP contribution in [-0.2, 0) is 17.8 Å². The fraction of sp³-hybridized carbons (Fsp3) is 0.611. The van der Waals surface area contributed by atoms with Crippen LogP contribution >= 0.6 is 0 Å². The van der Waals surface area contributed by atoms with Gasteiger partial charge in [0.1, 0.15) is 11.5 Å². The highest BCUT2D eigenvalue weighted by molar-refractivity contribution is 5.78. The average molecular weight is 292 g/mol. The fourth-order valence-electron chi connectivity index (χ4n) is 2.38. The van der Waals surface area contributed by atoms with E-state index in [9.17, 15) is 9.90 Å². The molecule has 0 radical (unpaired) electrons. The van der Waals surface area contributed by atoms with Gasteiger partial charge in [-0.05, 0) is 36.5 Å². The minimum atomic E-state index is -0.177. The first-order chi connectivity index (χ1) is 10.0. The van der Waals surface area contributed by atoms with Gasteiger partial charge in [-0.3, -0.25) is 4.79 Å². The number of unbranched alkanes of at least 4 members (excludes halogenated alkanes) is 2. The lowest BCUT2D eigenvalue weighted by molar-refractivity contribution is -0.119. The van der Waals surface area contributed by atoms with Crippen molar-refractivity contribution in [1.82, 2.24) is 0 Å². The van der Waals surface area contributed by atoms with E-state index in [4.69, 9.17) is 5.11 Å². The molecule has 0 heterocycles. The van der Waals surface area contributed by atoms with E-state index < -0.39 is 0 Å². The zero-order valence-corrected chi connectivity index (χ0v) is 13.3. The van der Waals surface area contributed by atoms with Crippen molar-refractivity contribution >= 4 is 5.78 Å². The molecule has 1 rings (SSSR count). The van der Waals surface area contributed by atoms with Crippen LogP contribution < -0.4 is 0 Å². The number of aliphatic hydroxyl groups is 1. The Morgan fingerprint density at radius 3 is 2.57 bits per heavy atom. The summed E-state index contributed by atoms with van der Waals surface area (Å²) in [6, 6.07) is 5.16. The zero-order chi connectivity index (χ0) is 15.7. The summed E-state index contributed by atoms with van der Waals surface area (Å²) in [5, 5.41) is 18.6. The molecule has 0 aliphatic heterocycles. The molecule has 0 spiro atoms. The summed E-state index contributed by atoms with van der Waals surface area (Å²) in [5.74, 6) is 1.16. The maximum Gasteiger partial charge on any atom is 0.133 e. The molecule has 3 heteroatoms. The molecule has 0 aliphatic carbocycles. The largest absolute Gasteiger partial charge is 0.508 e. The molecule has 2 N–H and O–H groups in total. The van der Waals surface area contributed by atoms with Crippen LogP contribution in [0.25, 0.3) is 0 Å². The van der Waals surface area contributed by atoms with E-state index in [2.05, 4.69) is 13.8 Å². The summed E-state index contributed by atoms with van der Waals surface area (Å²) in [7, 11) is 0. The van der Waals surface area contributed by atoms with Gasteiger partial charge in [0.05, 0.1) is 6.61 Å².